The molecule has 0 atom stereocenters. The SMILES string of the molecule is Cc1cc(Cl)cc(NCC=O)c1. The van der Waals surface area contributed by atoms with E-state index in [4.69, 9.17) is 11.6 Å². The lowest BCUT2D eigenvalue weighted by atomic mass is 10.2. The first kappa shape index (κ1) is 9.07. The van der Waals surface area contributed by atoms with E-state index in [0.29, 0.717) is 11.6 Å². The molecule has 1 rings (SSSR count). The van der Waals surface area contributed by atoms with Crippen LogP contribution in [0.1, 0.15) is 5.56 Å². The molecule has 1 N–H and O–H groups in total. The number of carbonyl (C=O) groups is 1. The topological polar surface area (TPSA) is 29.1 Å². The van der Waals surface area contributed by atoms with Crippen LogP contribution < -0.4 is 5.32 Å². The number of nitrogens with one attached hydrogen (secondary N) is 1. The molecule has 3 heteroatoms. The highest BCUT2D eigenvalue weighted by Gasteiger charge is 1.94. The molecule has 2 nitrogen and oxygen atoms in total. The number of aldehydes is 1. The minimum Gasteiger partial charge on any atom is -0.378 e. The van der Waals surface area contributed by atoms with E-state index in [1.807, 2.05) is 19.1 Å². The van der Waals surface area contributed by atoms with Gasteiger partial charge in [0.2, 0.25) is 0 Å². The van der Waals surface area contributed by atoms with E-state index < -0.39 is 0 Å². The van der Waals surface area contributed by atoms with Gasteiger partial charge in [0.05, 0.1) is 6.54 Å². The van der Waals surface area contributed by atoms with Crippen molar-refractivity contribution in [2.24, 2.45) is 0 Å². The van der Waals surface area contributed by atoms with Gasteiger partial charge in [-0.05, 0) is 30.7 Å². The van der Waals surface area contributed by atoms with Gasteiger partial charge >= 0.3 is 0 Å². The van der Waals surface area contributed by atoms with Gasteiger partial charge < -0.3 is 10.1 Å². The molecule has 0 unspecified atom stereocenters. The van der Waals surface area contributed by atoms with Crippen LogP contribution in [0.4, 0.5) is 5.69 Å². The van der Waals surface area contributed by atoms with Crippen LogP contribution in [0.25, 0.3) is 0 Å². The molecule has 0 radical (unpaired) electrons. The fourth-order valence-corrected chi connectivity index (χ4v) is 1.29. The molecular formula is C9H10ClNO. The summed E-state index contributed by atoms with van der Waals surface area (Å²) in [4.78, 5) is 10.1. The Morgan fingerprint density at radius 1 is 1.50 bits per heavy atom. The molecule has 12 heavy (non-hydrogen) atoms. The highest BCUT2D eigenvalue weighted by atomic mass is 35.5. The number of halogens is 1. The second-order valence-corrected chi connectivity index (χ2v) is 3.00. The summed E-state index contributed by atoms with van der Waals surface area (Å²) in [5.41, 5.74) is 1.96. The molecule has 1 aromatic rings. The second kappa shape index (κ2) is 4.12. The summed E-state index contributed by atoms with van der Waals surface area (Å²) in [5, 5.41) is 3.61. The molecule has 0 bridgehead atoms. The van der Waals surface area contributed by atoms with Crippen molar-refractivity contribution in [1.82, 2.24) is 0 Å². The number of anilines is 1. The molecule has 0 spiro atoms. The minimum atomic E-state index is 0.319. The lowest BCUT2D eigenvalue weighted by Gasteiger charge is -2.03. The Morgan fingerprint density at radius 3 is 2.83 bits per heavy atom. The van der Waals surface area contributed by atoms with E-state index in [0.717, 1.165) is 17.5 Å². The number of benzene rings is 1. The van der Waals surface area contributed by atoms with E-state index in [1.54, 1.807) is 6.07 Å². The van der Waals surface area contributed by atoms with Crippen molar-refractivity contribution in [3.8, 4) is 0 Å². The molecule has 0 amide bonds. The van der Waals surface area contributed by atoms with Gasteiger partial charge in [-0.1, -0.05) is 11.6 Å². The van der Waals surface area contributed by atoms with Crippen LogP contribution in [-0.2, 0) is 4.79 Å². The van der Waals surface area contributed by atoms with E-state index >= 15 is 0 Å². The van der Waals surface area contributed by atoms with E-state index in [1.165, 1.54) is 0 Å². The molecule has 1 aromatic carbocycles. The van der Waals surface area contributed by atoms with Gasteiger partial charge in [0.15, 0.2) is 0 Å². The van der Waals surface area contributed by atoms with Gasteiger partial charge in [0, 0.05) is 10.7 Å². The van der Waals surface area contributed by atoms with Gasteiger partial charge in [-0.25, -0.2) is 0 Å². The summed E-state index contributed by atoms with van der Waals surface area (Å²) in [7, 11) is 0. The quantitative estimate of drug-likeness (QED) is 0.729. The van der Waals surface area contributed by atoms with Crippen molar-refractivity contribution in [2.45, 2.75) is 6.92 Å². The number of hydrogen-bond acceptors (Lipinski definition) is 2. The van der Waals surface area contributed by atoms with Gasteiger partial charge in [-0.15, -0.1) is 0 Å². The van der Waals surface area contributed by atoms with E-state index in [9.17, 15) is 4.79 Å². The zero-order valence-corrected chi connectivity index (χ0v) is 7.56. The third-order valence-corrected chi connectivity index (χ3v) is 1.65. The van der Waals surface area contributed by atoms with Crippen LogP contribution in [0.5, 0.6) is 0 Å². The summed E-state index contributed by atoms with van der Waals surface area (Å²) < 4.78 is 0. The average Bonchev–Trinajstić information content (AvgIpc) is 1.99. The summed E-state index contributed by atoms with van der Waals surface area (Å²) in [6, 6.07) is 5.60. The fraction of sp³-hybridized carbons (Fsp3) is 0.222. The van der Waals surface area contributed by atoms with Crippen LogP contribution in [-0.4, -0.2) is 12.8 Å². The molecule has 0 aromatic heterocycles. The maximum absolute atomic E-state index is 10.1. The molecule has 0 aliphatic heterocycles. The molecule has 0 fully saturated rings. The number of hydrogen-bond donors (Lipinski definition) is 1. The molecule has 0 aliphatic carbocycles. The predicted octanol–water partition coefficient (Wildman–Crippen LogP) is 2.26. The van der Waals surface area contributed by atoms with Crippen LogP contribution >= 0.6 is 11.6 Å². The Hall–Kier alpha value is -1.02. The summed E-state index contributed by atoms with van der Waals surface area (Å²) in [5.74, 6) is 0. The van der Waals surface area contributed by atoms with E-state index in [-0.39, 0.29) is 0 Å². The Balaban J connectivity index is 2.78. The van der Waals surface area contributed by atoms with Crippen molar-refractivity contribution in [1.29, 1.82) is 0 Å². The molecule has 64 valence electrons. The van der Waals surface area contributed by atoms with Crippen molar-refractivity contribution in [3.05, 3.63) is 28.8 Å². The minimum absolute atomic E-state index is 0.319. The fourth-order valence-electron chi connectivity index (χ4n) is 0.998. The highest BCUT2D eigenvalue weighted by Crippen LogP contribution is 2.17. The molecule has 0 aliphatic rings. The van der Waals surface area contributed by atoms with Gasteiger partial charge in [0.25, 0.3) is 0 Å². The maximum Gasteiger partial charge on any atom is 0.139 e. The van der Waals surface area contributed by atoms with Gasteiger partial charge in [-0.2, -0.15) is 0 Å². The van der Waals surface area contributed by atoms with Crippen molar-refractivity contribution in [3.63, 3.8) is 0 Å². The van der Waals surface area contributed by atoms with Crippen LogP contribution in [0.3, 0.4) is 0 Å². The van der Waals surface area contributed by atoms with Gasteiger partial charge in [-0.3, -0.25) is 0 Å². The third kappa shape index (κ3) is 2.55. The first-order valence-corrected chi connectivity index (χ1v) is 4.05. The Kier molecular flexibility index (Phi) is 3.11. The Bertz CT molecular complexity index is 266. The normalized spacial score (nSPS) is 9.50. The van der Waals surface area contributed by atoms with Crippen LogP contribution in [0, 0.1) is 6.92 Å². The molecule has 0 saturated carbocycles. The predicted molar refractivity (Wildman–Crippen MR) is 50.7 cm³/mol. The lowest BCUT2D eigenvalue weighted by Crippen LogP contribution is -2.01. The number of rotatable bonds is 3. The first-order valence-electron chi connectivity index (χ1n) is 3.67. The smallest absolute Gasteiger partial charge is 0.139 e. The maximum atomic E-state index is 10.1. The highest BCUT2D eigenvalue weighted by molar-refractivity contribution is 6.30. The van der Waals surface area contributed by atoms with Crippen molar-refractivity contribution < 1.29 is 4.79 Å². The van der Waals surface area contributed by atoms with Crippen molar-refractivity contribution in [2.75, 3.05) is 11.9 Å². The largest absolute Gasteiger partial charge is 0.378 e. The lowest BCUT2D eigenvalue weighted by molar-refractivity contribution is -0.106. The van der Waals surface area contributed by atoms with Gasteiger partial charge in [0.1, 0.15) is 6.29 Å². The molecular weight excluding hydrogens is 174 g/mol. The monoisotopic (exact) mass is 183 g/mol. The van der Waals surface area contributed by atoms with Crippen molar-refractivity contribution >= 4 is 23.6 Å². The number of aryl methyl sites for hydroxylation is 1. The first-order chi connectivity index (χ1) is 5.72. The Morgan fingerprint density at radius 2 is 2.25 bits per heavy atom. The summed E-state index contributed by atoms with van der Waals surface area (Å²) >= 11 is 5.80. The third-order valence-electron chi connectivity index (χ3n) is 1.43. The van der Waals surface area contributed by atoms with Crippen LogP contribution in [0.2, 0.25) is 5.02 Å². The zero-order valence-electron chi connectivity index (χ0n) is 6.80. The summed E-state index contributed by atoms with van der Waals surface area (Å²) in [6.07, 6.45) is 0.816. The second-order valence-electron chi connectivity index (χ2n) is 2.56. The average molecular weight is 184 g/mol. The molecule has 0 heterocycles. The number of carbonyl (C=O) groups excluding carboxylic acids is 1. The van der Waals surface area contributed by atoms with E-state index in [2.05, 4.69) is 5.32 Å². The summed E-state index contributed by atoms with van der Waals surface area (Å²) in [6.45, 7) is 2.28. The standard InChI is InChI=1S/C9H10ClNO/c1-7-4-8(10)6-9(5-7)11-2-3-12/h3-6,11H,2H2,1H3. The zero-order chi connectivity index (χ0) is 8.97. The molecule has 0 saturated heterocycles. The Labute approximate surface area is 76.5 Å². The van der Waals surface area contributed by atoms with Crippen LogP contribution in [0.15, 0.2) is 18.2 Å².